The van der Waals surface area contributed by atoms with Crippen LogP contribution in [0, 0.1) is 5.92 Å². The Morgan fingerprint density at radius 1 is 1.21 bits per heavy atom. The molecular weight excluding hydrogens is 234 g/mol. The van der Waals surface area contributed by atoms with Gasteiger partial charge in [-0.3, -0.25) is 0 Å². The summed E-state index contributed by atoms with van der Waals surface area (Å²) in [5.74, 6) is 0.697. The van der Waals surface area contributed by atoms with Gasteiger partial charge in [-0.25, -0.2) is 4.98 Å². The molecule has 0 bridgehead atoms. The SMILES string of the molecule is CCCCC(CCC)n1cncc1CNCC(C)C. The highest BCUT2D eigenvalue weighted by molar-refractivity contribution is 5.00. The fraction of sp³-hybridized carbons (Fsp3) is 0.812. The molecule has 1 unspecified atom stereocenters. The van der Waals surface area contributed by atoms with Gasteiger partial charge in [0.05, 0.1) is 12.0 Å². The summed E-state index contributed by atoms with van der Waals surface area (Å²) in [6.07, 6.45) is 10.4. The molecule has 1 atom stereocenters. The van der Waals surface area contributed by atoms with E-state index in [0.717, 1.165) is 13.1 Å². The van der Waals surface area contributed by atoms with Gasteiger partial charge in [-0.05, 0) is 25.3 Å². The Kier molecular flexibility index (Phi) is 7.80. The van der Waals surface area contributed by atoms with Gasteiger partial charge >= 0.3 is 0 Å². The van der Waals surface area contributed by atoms with Crippen LogP contribution in [0.2, 0.25) is 0 Å². The van der Waals surface area contributed by atoms with Crippen LogP contribution < -0.4 is 5.32 Å². The van der Waals surface area contributed by atoms with Crippen LogP contribution in [-0.2, 0) is 6.54 Å². The lowest BCUT2D eigenvalue weighted by atomic mass is 10.0. The van der Waals surface area contributed by atoms with E-state index in [0.29, 0.717) is 12.0 Å². The van der Waals surface area contributed by atoms with Gasteiger partial charge in [0.25, 0.3) is 0 Å². The quantitative estimate of drug-likeness (QED) is 0.688. The minimum Gasteiger partial charge on any atom is -0.330 e. The van der Waals surface area contributed by atoms with Crippen LogP contribution in [0.4, 0.5) is 0 Å². The van der Waals surface area contributed by atoms with Crippen molar-refractivity contribution in [1.82, 2.24) is 14.9 Å². The van der Waals surface area contributed by atoms with Crippen LogP contribution in [0.3, 0.4) is 0 Å². The zero-order chi connectivity index (χ0) is 14.1. The first kappa shape index (κ1) is 16.2. The van der Waals surface area contributed by atoms with Gasteiger partial charge in [-0.2, -0.15) is 0 Å². The summed E-state index contributed by atoms with van der Waals surface area (Å²) in [4.78, 5) is 4.35. The molecule has 0 aliphatic carbocycles. The summed E-state index contributed by atoms with van der Waals surface area (Å²) >= 11 is 0. The van der Waals surface area contributed by atoms with Gasteiger partial charge in [0.15, 0.2) is 0 Å². The van der Waals surface area contributed by atoms with E-state index in [1.807, 2.05) is 12.5 Å². The molecule has 3 nitrogen and oxygen atoms in total. The number of unbranched alkanes of at least 4 members (excludes halogenated alkanes) is 1. The van der Waals surface area contributed by atoms with Crippen LogP contribution in [0.1, 0.15) is 71.5 Å². The second kappa shape index (κ2) is 9.13. The molecule has 1 aromatic rings. The Hall–Kier alpha value is -0.830. The summed E-state index contributed by atoms with van der Waals surface area (Å²) in [7, 11) is 0. The first-order chi connectivity index (χ1) is 9.19. The first-order valence-corrected chi connectivity index (χ1v) is 7.90. The Labute approximate surface area is 118 Å². The largest absolute Gasteiger partial charge is 0.330 e. The van der Waals surface area contributed by atoms with E-state index in [1.54, 1.807) is 0 Å². The molecule has 0 saturated carbocycles. The molecule has 110 valence electrons. The van der Waals surface area contributed by atoms with Crippen LogP contribution in [0.25, 0.3) is 0 Å². The van der Waals surface area contributed by atoms with Gasteiger partial charge in [-0.15, -0.1) is 0 Å². The molecule has 1 rings (SSSR count). The fourth-order valence-electron chi connectivity index (χ4n) is 2.48. The summed E-state index contributed by atoms with van der Waals surface area (Å²) in [5.41, 5.74) is 1.33. The van der Waals surface area contributed by atoms with Gasteiger partial charge in [0.1, 0.15) is 0 Å². The summed E-state index contributed by atoms with van der Waals surface area (Å²) < 4.78 is 2.40. The van der Waals surface area contributed by atoms with E-state index in [2.05, 4.69) is 42.6 Å². The second-order valence-electron chi connectivity index (χ2n) is 5.90. The molecular formula is C16H31N3. The lowest BCUT2D eigenvalue weighted by molar-refractivity contribution is 0.401. The van der Waals surface area contributed by atoms with Crippen molar-refractivity contribution < 1.29 is 0 Å². The normalized spacial score (nSPS) is 13.1. The Morgan fingerprint density at radius 3 is 2.63 bits per heavy atom. The molecule has 0 amide bonds. The zero-order valence-corrected chi connectivity index (χ0v) is 13.2. The molecule has 0 aliphatic heterocycles. The Morgan fingerprint density at radius 2 is 2.00 bits per heavy atom. The molecule has 0 aromatic carbocycles. The minimum atomic E-state index is 0.628. The maximum Gasteiger partial charge on any atom is 0.0951 e. The molecule has 19 heavy (non-hydrogen) atoms. The van der Waals surface area contributed by atoms with Gasteiger partial charge in [0, 0.05) is 18.8 Å². The molecule has 0 fully saturated rings. The number of aromatic nitrogens is 2. The number of nitrogens with zero attached hydrogens (tertiary/aromatic N) is 2. The standard InChI is InChI=1S/C16H31N3/c1-5-7-9-15(8-6-2)19-13-18-12-16(19)11-17-10-14(3)4/h12-15,17H,5-11H2,1-4H3. The zero-order valence-electron chi connectivity index (χ0n) is 13.2. The molecule has 0 radical (unpaired) electrons. The third-order valence-corrected chi connectivity index (χ3v) is 3.51. The topological polar surface area (TPSA) is 29.9 Å². The maximum absolute atomic E-state index is 4.35. The molecule has 1 aromatic heterocycles. The average Bonchev–Trinajstić information content (AvgIpc) is 2.82. The van der Waals surface area contributed by atoms with E-state index in [-0.39, 0.29) is 0 Å². The van der Waals surface area contributed by atoms with Crippen molar-refractivity contribution in [3.63, 3.8) is 0 Å². The predicted octanol–water partition coefficient (Wildman–Crippen LogP) is 4.16. The number of hydrogen-bond acceptors (Lipinski definition) is 2. The highest BCUT2D eigenvalue weighted by atomic mass is 15.1. The average molecular weight is 265 g/mol. The monoisotopic (exact) mass is 265 g/mol. The van der Waals surface area contributed by atoms with Crippen molar-refractivity contribution in [2.24, 2.45) is 5.92 Å². The Balaban J connectivity index is 2.60. The molecule has 3 heteroatoms. The van der Waals surface area contributed by atoms with Gasteiger partial charge < -0.3 is 9.88 Å². The Bertz CT molecular complexity index is 330. The van der Waals surface area contributed by atoms with Crippen LogP contribution >= 0.6 is 0 Å². The maximum atomic E-state index is 4.35. The number of nitrogens with one attached hydrogen (secondary N) is 1. The number of imidazole rings is 1. The van der Waals surface area contributed by atoms with E-state index in [4.69, 9.17) is 0 Å². The second-order valence-corrected chi connectivity index (χ2v) is 5.90. The van der Waals surface area contributed by atoms with Gasteiger partial charge in [0.2, 0.25) is 0 Å². The molecule has 0 saturated heterocycles. The van der Waals surface area contributed by atoms with E-state index >= 15 is 0 Å². The van der Waals surface area contributed by atoms with Crippen LogP contribution in [0.5, 0.6) is 0 Å². The van der Waals surface area contributed by atoms with Crippen LogP contribution in [-0.4, -0.2) is 16.1 Å². The minimum absolute atomic E-state index is 0.628. The molecule has 1 heterocycles. The van der Waals surface area contributed by atoms with E-state index < -0.39 is 0 Å². The number of hydrogen-bond donors (Lipinski definition) is 1. The van der Waals surface area contributed by atoms with Crippen molar-refractivity contribution >= 4 is 0 Å². The van der Waals surface area contributed by atoms with E-state index in [9.17, 15) is 0 Å². The van der Waals surface area contributed by atoms with Crippen molar-refractivity contribution in [2.45, 2.75) is 72.4 Å². The lowest BCUT2D eigenvalue weighted by Gasteiger charge is -2.21. The fourth-order valence-corrected chi connectivity index (χ4v) is 2.48. The molecule has 0 spiro atoms. The van der Waals surface area contributed by atoms with Crippen molar-refractivity contribution in [3.05, 3.63) is 18.2 Å². The van der Waals surface area contributed by atoms with Crippen molar-refractivity contribution in [1.29, 1.82) is 0 Å². The molecule has 0 aliphatic rings. The summed E-state index contributed by atoms with van der Waals surface area (Å²) in [5, 5.41) is 3.52. The van der Waals surface area contributed by atoms with Gasteiger partial charge in [-0.1, -0.05) is 47.0 Å². The van der Waals surface area contributed by atoms with Crippen molar-refractivity contribution in [2.75, 3.05) is 6.54 Å². The first-order valence-electron chi connectivity index (χ1n) is 7.90. The highest BCUT2D eigenvalue weighted by Crippen LogP contribution is 2.22. The highest BCUT2D eigenvalue weighted by Gasteiger charge is 2.13. The van der Waals surface area contributed by atoms with Crippen molar-refractivity contribution in [3.8, 4) is 0 Å². The third-order valence-electron chi connectivity index (χ3n) is 3.51. The van der Waals surface area contributed by atoms with E-state index in [1.165, 1.54) is 37.8 Å². The summed E-state index contributed by atoms with van der Waals surface area (Å²) in [6.45, 7) is 11.0. The summed E-state index contributed by atoms with van der Waals surface area (Å²) in [6, 6.07) is 0.628. The number of rotatable bonds is 10. The molecule has 1 N–H and O–H groups in total. The smallest absolute Gasteiger partial charge is 0.0951 e. The predicted molar refractivity (Wildman–Crippen MR) is 82.2 cm³/mol. The third kappa shape index (κ3) is 5.77. The lowest BCUT2D eigenvalue weighted by Crippen LogP contribution is -2.22. The van der Waals surface area contributed by atoms with Crippen LogP contribution in [0.15, 0.2) is 12.5 Å².